The Morgan fingerprint density at radius 2 is 2.50 bits per heavy atom. The third-order valence-corrected chi connectivity index (χ3v) is 4.08. The summed E-state index contributed by atoms with van der Waals surface area (Å²) in [4.78, 5) is 0. The highest BCUT2D eigenvalue weighted by Gasteiger charge is 2.56. The van der Waals surface area contributed by atoms with Crippen molar-refractivity contribution in [2.45, 2.75) is 37.8 Å². The van der Waals surface area contributed by atoms with Gasteiger partial charge in [-0.1, -0.05) is 6.42 Å². The van der Waals surface area contributed by atoms with Gasteiger partial charge >= 0.3 is 0 Å². The summed E-state index contributed by atoms with van der Waals surface area (Å²) in [7, 11) is 0. The van der Waals surface area contributed by atoms with Crippen LogP contribution in [0.5, 0.6) is 0 Å². The number of rotatable bonds is 3. The first-order valence-corrected chi connectivity index (χ1v) is 6.07. The summed E-state index contributed by atoms with van der Waals surface area (Å²) in [5.74, 6) is 1.99. The Kier molecular flexibility index (Phi) is 1.99. The van der Waals surface area contributed by atoms with Gasteiger partial charge < -0.3 is 9.73 Å². The van der Waals surface area contributed by atoms with Gasteiger partial charge in [0.25, 0.3) is 0 Å². The molecule has 0 radical (unpaired) electrons. The van der Waals surface area contributed by atoms with E-state index < -0.39 is 0 Å². The average molecular weight is 256 g/mol. The highest BCUT2D eigenvalue weighted by Crippen LogP contribution is 2.55. The lowest BCUT2D eigenvalue weighted by atomic mass is 10.2. The molecule has 0 saturated heterocycles. The Bertz CT molecular complexity index is 349. The van der Waals surface area contributed by atoms with Crippen LogP contribution in [-0.4, -0.2) is 5.54 Å². The molecule has 2 aliphatic carbocycles. The second kappa shape index (κ2) is 3.11. The minimum atomic E-state index is 0.499. The van der Waals surface area contributed by atoms with Crippen LogP contribution in [0.4, 0.5) is 0 Å². The summed E-state index contributed by atoms with van der Waals surface area (Å²) in [6, 6.07) is 3.98. The van der Waals surface area contributed by atoms with Crippen molar-refractivity contribution in [1.82, 2.24) is 5.32 Å². The highest BCUT2D eigenvalue weighted by molar-refractivity contribution is 9.10. The minimum Gasteiger partial charge on any atom is -0.453 e. The lowest BCUT2D eigenvalue weighted by Gasteiger charge is -2.12. The zero-order valence-corrected chi connectivity index (χ0v) is 9.64. The van der Waals surface area contributed by atoms with Gasteiger partial charge in [0.05, 0.1) is 6.54 Å². The lowest BCUT2D eigenvalue weighted by molar-refractivity contribution is 0.415. The van der Waals surface area contributed by atoms with E-state index >= 15 is 0 Å². The molecular formula is C11H14BrNO. The quantitative estimate of drug-likeness (QED) is 0.899. The fourth-order valence-corrected chi connectivity index (χ4v) is 3.08. The molecule has 0 bridgehead atoms. The smallest absolute Gasteiger partial charge is 0.169 e. The molecule has 2 unspecified atom stereocenters. The second-order valence-electron chi connectivity index (χ2n) is 4.51. The maximum Gasteiger partial charge on any atom is 0.169 e. The molecule has 0 aliphatic heterocycles. The van der Waals surface area contributed by atoms with Crippen LogP contribution in [0.1, 0.15) is 31.4 Å². The molecule has 1 N–H and O–H groups in total. The standard InChI is InChI=1S/C11H14BrNO/c12-10-4-3-9(14-10)7-13-11-5-1-2-8(11)6-11/h3-4,8,13H,1-2,5-7H2. The molecule has 3 heteroatoms. The van der Waals surface area contributed by atoms with Crippen LogP contribution >= 0.6 is 15.9 Å². The lowest BCUT2D eigenvalue weighted by Crippen LogP contribution is -2.30. The molecule has 2 aliphatic rings. The topological polar surface area (TPSA) is 25.2 Å². The Morgan fingerprint density at radius 1 is 1.57 bits per heavy atom. The van der Waals surface area contributed by atoms with E-state index in [-0.39, 0.29) is 0 Å². The number of hydrogen-bond acceptors (Lipinski definition) is 2. The average Bonchev–Trinajstić information content (AvgIpc) is 2.57. The number of hydrogen-bond donors (Lipinski definition) is 1. The molecule has 1 aromatic heterocycles. The first kappa shape index (κ1) is 8.98. The van der Waals surface area contributed by atoms with E-state index in [4.69, 9.17) is 4.42 Å². The molecule has 14 heavy (non-hydrogen) atoms. The molecule has 2 atom stereocenters. The Labute approximate surface area is 92.2 Å². The summed E-state index contributed by atoms with van der Waals surface area (Å²) in [5.41, 5.74) is 0.499. The van der Waals surface area contributed by atoms with Crippen molar-refractivity contribution >= 4 is 15.9 Å². The van der Waals surface area contributed by atoms with E-state index in [0.29, 0.717) is 5.54 Å². The van der Waals surface area contributed by atoms with Gasteiger partial charge in [0.1, 0.15) is 5.76 Å². The predicted molar refractivity (Wildman–Crippen MR) is 57.9 cm³/mol. The first-order valence-electron chi connectivity index (χ1n) is 5.28. The monoisotopic (exact) mass is 255 g/mol. The van der Waals surface area contributed by atoms with E-state index in [1.54, 1.807) is 0 Å². The summed E-state index contributed by atoms with van der Waals surface area (Å²) in [5, 5.41) is 3.65. The summed E-state index contributed by atoms with van der Waals surface area (Å²) >= 11 is 3.32. The maximum absolute atomic E-state index is 5.46. The van der Waals surface area contributed by atoms with Gasteiger partial charge in [0.2, 0.25) is 0 Å². The van der Waals surface area contributed by atoms with Gasteiger partial charge in [0, 0.05) is 5.54 Å². The van der Waals surface area contributed by atoms with Crippen LogP contribution in [0.2, 0.25) is 0 Å². The van der Waals surface area contributed by atoms with Crippen molar-refractivity contribution in [2.24, 2.45) is 5.92 Å². The number of halogens is 1. The fraction of sp³-hybridized carbons (Fsp3) is 0.636. The van der Waals surface area contributed by atoms with Gasteiger partial charge in [-0.15, -0.1) is 0 Å². The predicted octanol–water partition coefficient (Wildman–Crippen LogP) is 3.07. The zero-order valence-electron chi connectivity index (χ0n) is 8.05. The van der Waals surface area contributed by atoms with Crippen LogP contribution < -0.4 is 5.32 Å². The molecule has 3 rings (SSSR count). The van der Waals surface area contributed by atoms with Gasteiger partial charge in [-0.25, -0.2) is 0 Å². The normalized spacial score (nSPS) is 34.5. The van der Waals surface area contributed by atoms with Crippen LogP contribution in [0.15, 0.2) is 21.2 Å². The van der Waals surface area contributed by atoms with E-state index in [1.165, 1.54) is 25.7 Å². The summed E-state index contributed by atoms with van der Waals surface area (Å²) in [6.45, 7) is 0.877. The molecular weight excluding hydrogens is 242 g/mol. The first-order chi connectivity index (χ1) is 6.78. The van der Waals surface area contributed by atoms with Crippen molar-refractivity contribution < 1.29 is 4.42 Å². The van der Waals surface area contributed by atoms with Crippen molar-refractivity contribution in [1.29, 1.82) is 0 Å². The van der Waals surface area contributed by atoms with E-state index in [9.17, 15) is 0 Å². The van der Waals surface area contributed by atoms with Gasteiger partial charge in [-0.05, 0) is 53.2 Å². The van der Waals surface area contributed by atoms with Crippen molar-refractivity contribution in [3.05, 3.63) is 22.6 Å². The molecule has 1 heterocycles. The molecule has 2 fully saturated rings. The fourth-order valence-electron chi connectivity index (χ4n) is 2.74. The van der Waals surface area contributed by atoms with E-state index in [0.717, 1.165) is 22.9 Å². The van der Waals surface area contributed by atoms with E-state index in [2.05, 4.69) is 21.2 Å². The SMILES string of the molecule is Brc1ccc(CNC23CCCC2C3)o1. The molecule has 2 nitrogen and oxygen atoms in total. The van der Waals surface area contributed by atoms with Gasteiger partial charge in [-0.3, -0.25) is 0 Å². The maximum atomic E-state index is 5.46. The Hall–Kier alpha value is -0.280. The Balaban J connectivity index is 1.60. The van der Waals surface area contributed by atoms with E-state index in [1.807, 2.05) is 12.1 Å². The molecule has 0 aromatic carbocycles. The van der Waals surface area contributed by atoms with Crippen LogP contribution in [0, 0.1) is 5.92 Å². The molecule has 1 aromatic rings. The number of fused-ring (bicyclic) bond motifs is 1. The zero-order chi connectivity index (χ0) is 9.60. The van der Waals surface area contributed by atoms with Crippen molar-refractivity contribution in [3.63, 3.8) is 0 Å². The third-order valence-electron chi connectivity index (χ3n) is 3.65. The third kappa shape index (κ3) is 1.43. The largest absolute Gasteiger partial charge is 0.453 e. The van der Waals surface area contributed by atoms with Crippen molar-refractivity contribution in [3.8, 4) is 0 Å². The summed E-state index contributed by atoms with van der Waals surface area (Å²) in [6.07, 6.45) is 5.57. The minimum absolute atomic E-state index is 0.499. The van der Waals surface area contributed by atoms with Crippen molar-refractivity contribution in [2.75, 3.05) is 0 Å². The number of furan rings is 1. The molecule has 76 valence electrons. The molecule has 2 saturated carbocycles. The van der Waals surface area contributed by atoms with Crippen LogP contribution in [0.25, 0.3) is 0 Å². The Morgan fingerprint density at radius 3 is 3.07 bits per heavy atom. The van der Waals surface area contributed by atoms with Crippen LogP contribution in [0.3, 0.4) is 0 Å². The van der Waals surface area contributed by atoms with Gasteiger partial charge in [0.15, 0.2) is 4.67 Å². The highest BCUT2D eigenvalue weighted by atomic mass is 79.9. The molecule has 0 amide bonds. The van der Waals surface area contributed by atoms with Gasteiger partial charge in [-0.2, -0.15) is 0 Å². The second-order valence-corrected chi connectivity index (χ2v) is 5.29. The number of nitrogens with one attached hydrogen (secondary N) is 1. The molecule has 0 spiro atoms. The summed E-state index contributed by atoms with van der Waals surface area (Å²) < 4.78 is 6.29. The van der Waals surface area contributed by atoms with Crippen LogP contribution in [-0.2, 0) is 6.54 Å².